The lowest BCUT2D eigenvalue weighted by Gasteiger charge is -2.25. The Hall–Kier alpha value is -3.96. The first-order valence-corrected chi connectivity index (χ1v) is 30.1. The van der Waals surface area contributed by atoms with Crippen LogP contribution >= 0.6 is 0 Å². The average Bonchev–Trinajstić information content (AvgIpc) is 3.37. The molecule has 0 spiro atoms. The van der Waals surface area contributed by atoms with E-state index in [2.05, 4.69) is 73.4 Å². The quantitative estimate of drug-likeness (QED) is 0.0354. The second-order valence-electron chi connectivity index (χ2n) is 20.4. The summed E-state index contributed by atoms with van der Waals surface area (Å²) in [6, 6.07) is 0. The molecule has 0 aromatic heterocycles. The van der Waals surface area contributed by atoms with Gasteiger partial charge in [-0.15, -0.1) is 0 Å². The summed E-state index contributed by atoms with van der Waals surface area (Å²) < 4.78 is 0. The molecule has 0 aliphatic carbocycles. The summed E-state index contributed by atoms with van der Waals surface area (Å²) in [5.74, 6) is -4.38. The number of carbonyl (C=O) groups excluding carboxylic acids is 6. The lowest BCUT2D eigenvalue weighted by Crippen LogP contribution is -2.42. The Kier molecular flexibility index (Phi) is 41.9. The zero-order valence-corrected chi connectivity index (χ0v) is 47.1. The number of unbranched alkanes of at least 4 members (excludes halogenated alkanes) is 30. The molecule has 0 atom stereocenters. The second-order valence-corrected chi connectivity index (χ2v) is 20.4. The molecule has 1 aromatic carbocycles. The van der Waals surface area contributed by atoms with E-state index in [0.717, 1.165) is 193 Å². The molecule has 0 unspecified atom stereocenters. The monoisotopic (exact) mass is 1010 g/mol. The number of nitrogens with one attached hydrogen (secondary N) is 6. The lowest BCUT2D eigenvalue weighted by atomic mass is 9.83. The van der Waals surface area contributed by atoms with Crippen molar-refractivity contribution in [3.63, 3.8) is 0 Å². The van der Waals surface area contributed by atoms with E-state index in [1.54, 1.807) is 0 Å². The van der Waals surface area contributed by atoms with Gasteiger partial charge in [-0.25, -0.2) is 0 Å². The molecule has 0 bridgehead atoms. The first-order chi connectivity index (χ1) is 35.2. The van der Waals surface area contributed by atoms with Gasteiger partial charge in [-0.05, 0) is 38.5 Å². The summed E-state index contributed by atoms with van der Waals surface area (Å²) >= 11 is 0. The number of hydrogen-bond donors (Lipinski definition) is 6. The first-order valence-electron chi connectivity index (χ1n) is 30.1. The number of hydrogen-bond acceptors (Lipinski definition) is 6. The smallest absolute Gasteiger partial charge is 0.252 e. The third-order valence-corrected chi connectivity index (χ3v) is 13.8. The fraction of sp³-hybridized carbons (Fsp3) is 0.800. The molecule has 0 saturated heterocycles. The van der Waals surface area contributed by atoms with Gasteiger partial charge in [-0.1, -0.05) is 234 Å². The summed E-state index contributed by atoms with van der Waals surface area (Å²) in [5, 5.41) is 18.0. The van der Waals surface area contributed by atoms with Crippen LogP contribution in [0, 0.1) is 0 Å². The maximum absolute atomic E-state index is 15.1. The molecule has 414 valence electrons. The standard InChI is InChI=1S/C60H108N6O6/c1-7-13-19-25-31-37-43-61-55(67)49-50(56(68)62-44-38-32-26-20-14-8-2)52(58(70)64-46-40-34-28-22-16-10-4)54(60(72)66-48-42-36-30-24-18-12-6)53(59(71)65-47-41-35-29-23-17-11-5)51(49)57(69)63-45-39-33-27-21-15-9-3/h7-48H2,1-6H3,(H,61,67)(H,62,68)(H,63,69)(H,64,70)(H,65,71)(H,66,72). The van der Waals surface area contributed by atoms with E-state index in [0.29, 0.717) is 38.5 Å². The van der Waals surface area contributed by atoms with Crippen LogP contribution in [0.4, 0.5) is 0 Å². The van der Waals surface area contributed by atoms with Gasteiger partial charge in [0.25, 0.3) is 35.4 Å². The van der Waals surface area contributed by atoms with Crippen LogP contribution in [0.15, 0.2) is 0 Å². The number of amides is 6. The van der Waals surface area contributed by atoms with Gasteiger partial charge in [-0.3, -0.25) is 28.8 Å². The minimum absolute atomic E-state index is 0.266. The summed E-state index contributed by atoms with van der Waals surface area (Å²) in [4.78, 5) is 90.4. The fourth-order valence-electron chi connectivity index (χ4n) is 9.29. The zero-order chi connectivity index (χ0) is 52.9. The van der Waals surface area contributed by atoms with Crippen LogP contribution in [-0.2, 0) is 0 Å². The van der Waals surface area contributed by atoms with Crippen molar-refractivity contribution in [3.8, 4) is 0 Å². The normalized spacial score (nSPS) is 11.1. The SMILES string of the molecule is CCCCCCCCNC(=O)c1c(C(=O)NCCCCCCCC)c(C(=O)NCCCCCCCC)c(C(=O)NCCCCCCCC)c(C(=O)NCCCCCCCC)c1C(=O)NCCCCCCCC. The van der Waals surface area contributed by atoms with Crippen molar-refractivity contribution in [1.82, 2.24) is 31.9 Å². The molecule has 0 saturated carbocycles. The zero-order valence-electron chi connectivity index (χ0n) is 47.1. The van der Waals surface area contributed by atoms with Crippen molar-refractivity contribution in [2.24, 2.45) is 0 Å². The largest absolute Gasteiger partial charge is 0.352 e. The molecule has 0 heterocycles. The Labute approximate surface area is 439 Å². The van der Waals surface area contributed by atoms with E-state index in [-0.39, 0.29) is 72.6 Å². The molecule has 6 N–H and O–H groups in total. The van der Waals surface area contributed by atoms with Crippen molar-refractivity contribution < 1.29 is 28.8 Å². The molecular weight excluding hydrogens is 901 g/mol. The molecule has 1 rings (SSSR count). The number of benzene rings is 1. The molecule has 0 radical (unpaired) electrons. The Bertz CT molecular complexity index is 1310. The maximum atomic E-state index is 15.1. The Morgan fingerprint density at radius 2 is 0.306 bits per heavy atom. The van der Waals surface area contributed by atoms with Gasteiger partial charge < -0.3 is 31.9 Å². The third kappa shape index (κ3) is 29.1. The Morgan fingerprint density at radius 3 is 0.431 bits per heavy atom. The fourth-order valence-corrected chi connectivity index (χ4v) is 9.29. The van der Waals surface area contributed by atoms with E-state index in [1.165, 1.54) is 0 Å². The molecule has 0 aliphatic heterocycles. The molecule has 0 aliphatic rings. The highest BCUT2D eigenvalue weighted by molar-refractivity contribution is 6.27. The van der Waals surface area contributed by atoms with Gasteiger partial charge in [0.15, 0.2) is 0 Å². The van der Waals surface area contributed by atoms with E-state index >= 15 is 28.8 Å². The van der Waals surface area contributed by atoms with Crippen molar-refractivity contribution in [2.45, 2.75) is 273 Å². The summed E-state index contributed by atoms with van der Waals surface area (Å²) in [6.45, 7) is 14.6. The maximum Gasteiger partial charge on any atom is 0.252 e. The highest BCUT2D eigenvalue weighted by atomic mass is 16.2. The van der Waals surface area contributed by atoms with E-state index in [1.807, 2.05) is 0 Å². The highest BCUT2D eigenvalue weighted by Crippen LogP contribution is 2.31. The van der Waals surface area contributed by atoms with Gasteiger partial charge in [0.2, 0.25) is 0 Å². The molecule has 0 fully saturated rings. The van der Waals surface area contributed by atoms with Gasteiger partial charge in [-0.2, -0.15) is 0 Å². The Balaban J connectivity index is 4.29. The van der Waals surface area contributed by atoms with Crippen LogP contribution in [0.25, 0.3) is 0 Å². The van der Waals surface area contributed by atoms with Crippen LogP contribution in [0.1, 0.15) is 335 Å². The van der Waals surface area contributed by atoms with Gasteiger partial charge in [0.1, 0.15) is 0 Å². The molecule has 12 heteroatoms. The molecular formula is C60H108N6O6. The summed E-state index contributed by atoms with van der Waals surface area (Å²) in [7, 11) is 0. The second kappa shape index (κ2) is 45.6. The van der Waals surface area contributed by atoms with E-state index < -0.39 is 35.4 Å². The van der Waals surface area contributed by atoms with Crippen LogP contribution in [0.3, 0.4) is 0 Å². The molecule has 1 aromatic rings. The van der Waals surface area contributed by atoms with Gasteiger partial charge in [0.05, 0.1) is 33.4 Å². The van der Waals surface area contributed by atoms with Crippen LogP contribution in [-0.4, -0.2) is 74.7 Å². The highest BCUT2D eigenvalue weighted by Gasteiger charge is 2.40. The van der Waals surface area contributed by atoms with E-state index in [9.17, 15) is 0 Å². The Morgan fingerprint density at radius 1 is 0.194 bits per heavy atom. The molecule has 12 nitrogen and oxygen atoms in total. The molecule has 6 amide bonds. The first kappa shape index (κ1) is 66.1. The minimum Gasteiger partial charge on any atom is -0.352 e. The third-order valence-electron chi connectivity index (χ3n) is 13.8. The predicted molar refractivity (Wildman–Crippen MR) is 301 cm³/mol. The van der Waals surface area contributed by atoms with Crippen molar-refractivity contribution in [1.29, 1.82) is 0 Å². The number of rotatable bonds is 48. The predicted octanol–water partition coefficient (Wildman–Crippen LogP) is 14.2. The average molecular weight is 1010 g/mol. The lowest BCUT2D eigenvalue weighted by molar-refractivity contribution is 0.0873. The topological polar surface area (TPSA) is 175 Å². The van der Waals surface area contributed by atoms with Crippen LogP contribution in [0.2, 0.25) is 0 Å². The van der Waals surface area contributed by atoms with Crippen molar-refractivity contribution in [3.05, 3.63) is 33.4 Å². The van der Waals surface area contributed by atoms with Crippen molar-refractivity contribution in [2.75, 3.05) is 39.3 Å². The van der Waals surface area contributed by atoms with Gasteiger partial charge in [0, 0.05) is 39.3 Å². The van der Waals surface area contributed by atoms with Gasteiger partial charge >= 0.3 is 0 Å². The van der Waals surface area contributed by atoms with Crippen molar-refractivity contribution >= 4 is 35.4 Å². The minimum atomic E-state index is -0.730. The molecule has 72 heavy (non-hydrogen) atoms. The van der Waals surface area contributed by atoms with E-state index in [4.69, 9.17) is 0 Å². The summed E-state index contributed by atoms with van der Waals surface area (Å²) in [6.07, 6.45) is 35.4. The van der Waals surface area contributed by atoms with Crippen LogP contribution in [0.5, 0.6) is 0 Å². The summed E-state index contributed by atoms with van der Waals surface area (Å²) in [5.41, 5.74) is -2.06. The number of carbonyl (C=O) groups is 6. The van der Waals surface area contributed by atoms with Crippen LogP contribution < -0.4 is 31.9 Å².